The molecular weight excluding hydrogens is 332 g/mol. The van der Waals surface area contributed by atoms with Crippen molar-refractivity contribution < 1.29 is 19.1 Å². The van der Waals surface area contributed by atoms with Crippen LogP contribution >= 0.6 is 0 Å². The number of ether oxygens (including phenoxy) is 2. The van der Waals surface area contributed by atoms with Crippen LogP contribution in [-0.2, 0) is 15.0 Å². The van der Waals surface area contributed by atoms with Crippen molar-refractivity contribution in [2.24, 2.45) is 5.92 Å². The third-order valence-corrected chi connectivity index (χ3v) is 5.22. The minimum Gasteiger partial charge on any atom is -0.486 e. The van der Waals surface area contributed by atoms with Gasteiger partial charge < -0.3 is 20.1 Å². The van der Waals surface area contributed by atoms with Crippen LogP contribution in [0.2, 0.25) is 0 Å². The van der Waals surface area contributed by atoms with Crippen molar-refractivity contribution in [1.29, 1.82) is 0 Å². The summed E-state index contributed by atoms with van der Waals surface area (Å²) >= 11 is 0. The first-order valence-corrected chi connectivity index (χ1v) is 9.49. The molecule has 2 N–H and O–H groups in total. The molecule has 0 unspecified atom stereocenters. The molecule has 1 aromatic carbocycles. The Hall–Kier alpha value is -2.24. The Kier molecular flexibility index (Phi) is 5.69. The number of fused-ring (bicyclic) bond motifs is 1. The quantitative estimate of drug-likeness (QED) is 0.762. The Morgan fingerprint density at radius 2 is 1.69 bits per heavy atom. The molecule has 0 bridgehead atoms. The lowest BCUT2D eigenvalue weighted by molar-refractivity contribution is -0.127. The number of hydrogen-bond donors (Lipinski definition) is 2. The van der Waals surface area contributed by atoms with Crippen molar-refractivity contribution in [2.75, 3.05) is 26.3 Å². The molecule has 1 fully saturated rings. The van der Waals surface area contributed by atoms with Crippen molar-refractivity contribution in [3.63, 3.8) is 0 Å². The zero-order valence-corrected chi connectivity index (χ0v) is 15.6. The highest BCUT2D eigenvalue weighted by Gasteiger charge is 2.43. The molecule has 1 aliphatic carbocycles. The van der Waals surface area contributed by atoms with E-state index in [0.29, 0.717) is 26.3 Å². The minimum atomic E-state index is -0.516. The first kappa shape index (κ1) is 18.5. The number of amides is 2. The van der Waals surface area contributed by atoms with E-state index in [4.69, 9.17) is 9.47 Å². The molecule has 6 nitrogen and oxygen atoms in total. The van der Waals surface area contributed by atoms with Gasteiger partial charge in [-0.25, -0.2) is 0 Å². The third-order valence-electron chi connectivity index (χ3n) is 5.22. The summed E-state index contributed by atoms with van der Waals surface area (Å²) in [4.78, 5) is 24.6. The summed E-state index contributed by atoms with van der Waals surface area (Å²) in [5.74, 6) is 1.44. The first-order chi connectivity index (χ1) is 12.5. The molecule has 2 aliphatic rings. The Balaban J connectivity index is 1.67. The van der Waals surface area contributed by atoms with E-state index in [9.17, 15) is 9.59 Å². The second-order valence-corrected chi connectivity index (χ2v) is 7.35. The van der Waals surface area contributed by atoms with Gasteiger partial charge in [0.1, 0.15) is 13.2 Å². The second kappa shape index (κ2) is 7.98. The van der Waals surface area contributed by atoms with Gasteiger partial charge in [0.2, 0.25) is 11.8 Å². The molecule has 6 heteroatoms. The van der Waals surface area contributed by atoms with Gasteiger partial charge in [0.05, 0.1) is 5.41 Å². The second-order valence-electron chi connectivity index (χ2n) is 7.35. The van der Waals surface area contributed by atoms with Gasteiger partial charge in [-0.2, -0.15) is 0 Å². The Morgan fingerprint density at radius 1 is 1.04 bits per heavy atom. The van der Waals surface area contributed by atoms with Crippen molar-refractivity contribution in [3.8, 4) is 11.5 Å². The van der Waals surface area contributed by atoms with Gasteiger partial charge in [0.25, 0.3) is 0 Å². The summed E-state index contributed by atoms with van der Waals surface area (Å²) in [7, 11) is 0. The normalized spacial score (nSPS) is 17.8. The number of carbonyl (C=O) groups is 2. The number of hydrogen-bond acceptors (Lipinski definition) is 4. The molecule has 2 amide bonds. The fourth-order valence-corrected chi connectivity index (χ4v) is 3.70. The molecule has 26 heavy (non-hydrogen) atoms. The van der Waals surface area contributed by atoms with Gasteiger partial charge in [-0.1, -0.05) is 32.8 Å². The zero-order valence-electron chi connectivity index (χ0n) is 15.6. The molecular formula is C20H28N2O4. The summed E-state index contributed by atoms with van der Waals surface area (Å²) in [5, 5.41) is 5.84. The molecule has 142 valence electrons. The number of nitrogens with one attached hydrogen (secondary N) is 2. The van der Waals surface area contributed by atoms with Gasteiger partial charge in [-0.05, 0) is 30.5 Å². The first-order valence-electron chi connectivity index (χ1n) is 9.49. The molecule has 0 saturated heterocycles. The lowest BCUT2D eigenvalue weighted by Crippen LogP contribution is -2.45. The predicted octanol–water partition coefficient (Wildman–Crippen LogP) is 2.16. The maximum Gasteiger partial charge on any atom is 0.230 e. The van der Waals surface area contributed by atoms with E-state index in [2.05, 4.69) is 10.6 Å². The molecule has 1 heterocycles. The highest BCUT2D eigenvalue weighted by molar-refractivity contribution is 5.89. The van der Waals surface area contributed by atoms with Gasteiger partial charge in [-0.3, -0.25) is 9.59 Å². The SMILES string of the molecule is CC(C)C(=O)NCCNC(=O)C1(c2ccc3c(c2)OCCO3)CCCC1. The Morgan fingerprint density at radius 3 is 2.38 bits per heavy atom. The molecule has 1 saturated carbocycles. The van der Waals surface area contributed by atoms with Crippen LogP contribution in [0, 0.1) is 5.92 Å². The van der Waals surface area contributed by atoms with Crippen LogP contribution in [0.3, 0.4) is 0 Å². The number of carbonyl (C=O) groups excluding carboxylic acids is 2. The van der Waals surface area contributed by atoms with Crippen molar-refractivity contribution in [2.45, 2.75) is 44.9 Å². The van der Waals surface area contributed by atoms with Gasteiger partial charge >= 0.3 is 0 Å². The van der Waals surface area contributed by atoms with Crippen LogP contribution in [0.4, 0.5) is 0 Å². The highest BCUT2D eigenvalue weighted by Crippen LogP contribution is 2.44. The average Bonchev–Trinajstić information content (AvgIpc) is 3.15. The molecule has 1 aromatic rings. The van der Waals surface area contributed by atoms with E-state index in [1.807, 2.05) is 32.0 Å². The highest BCUT2D eigenvalue weighted by atomic mass is 16.6. The zero-order chi connectivity index (χ0) is 18.6. The summed E-state index contributed by atoms with van der Waals surface area (Å²) < 4.78 is 11.3. The molecule has 0 radical (unpaired) electrons. The van der Waals surface area contributed by atoms with E-state index < -0.39 is 5.41 Å². The smallest absolute Gasteiger partial charge is 0.230 e. The number of benzene rings is 1. The van der Waals surface area contributed by atoms with E-state index in [1.165, 1.54) is 0 Å². The summed E-state index contributed by atoms with van der Waals surface area (Å²) in [6.07, 6.45) is 3.73. The van der Waals surface area contributed by atoms with Crippen LogP contribution in [0.25, 0.3) is 0 Å². The van der Waals surface area contributed by atoms with Gasteiger partial charge in [0.15, 0.2) is 11.5 Å². The van der Waals surface area contributed by atoms with Crippen LogP contribution in [0.15, 0.2) is 18.2 Å². The Labute approximate surface area is 154 Å². The maximum atomic E-state index is 13.0. The largest absolute Gasteiger partial charge is 0.486 e. The fraction of sp³-hybridized carbons (Fsp3) is 0.600. The molecule has 0 atom stereocenters. The number of rotatable bonds is 6. The van der Waals surface area contributed by atoms with Crippen LogP contribution in [0.1, 0.15) is 45.1 Å². The summed E-state index contributed by atoms with van der Waals surface area (Å²) in [5.41, 5.74) is 0.473. The predicted molar refractivity (Wildman–Crippen MR) is 98.4 cm³/mol. The van der Waals surface area contributed by atoms with E-state index in [0.717, 1.165) is 42.7 Å². The lowest BCUT2D eigenvalue weighted by atomic mass is 9.77. The van der Waals surface area contributed by atoms with Crippen LogP contribution in [0.5, 0.6) is 11.5 Å². The van der Waals surface area contributed by atoms with Gasteiger partial charge in [0, 0.05) is 19.0 Å². The maximum absolute atomic E-state index is 13.0. The van der Waals surface area contributed by atoms with E-state index >= 15 is 0 Å². The summed E-state index contributed by atoms with van der Waals surface area (Å²) in [6.45, 7) is 5.67. The van der Waals surface area contributed by atoms with Gasteiger partial charge in [-0.15, -0.1) is 0 Å². The lowest BCUT2D eigenvalue weighted by Gasteiger charge is -2.30. The molecule has 1 aliphatic heterocycles. The van der Waals surface area contributed by atoms with Crippen molar-refractivity contribution >= 4 is 11.8 Å². The van der Waals surface area contributed by atoms with Crippen LogP contribution in [-0.4, -0.2) is 38.1 Å². The van der Waals surface area contributed by atoms with Crippen molar-refractivity contribution in [1.82, 2.24) is 10.6 Å². The van der Waals surface area contributed by atoms with E-state index in [1.54, 1.807) is 0 Å². The molecule has 0 aromatic heterocycles. The van der Waals surface area contributed by atoms with E-state index in [-0.39, 0.29) is 17.7 Å². The fourth-order valence-electron chi connectivity index (χ4n) is 3.70. The summed E-state index contributed by atoms with van der Waals surface area (Å²) in [6, 6.07) is 5.85. The standard InChI is InChI=1S/C20H28N2O4/c1-14(2)18(23)21-9-10-22-19(24)20(7-3-4-8-20)15-5-6-16-17(13-15)26-12-11-25-16/h5-6,13-14H,3-4,7-12H2,1-2H3,(H,21,23)(H,22,24). The third kappa shape index (κ3) is 3.79. The monoisotopic (exact) mass is 360 g/mol. The average molecular weight is 360 g/mol. The molecule has 3 rings (SSSR count). The Bertz CT molecular complexity index is 666. The van der Waals surface area contributed by atoms with Crippen LogP contribution < -0.4 is 20.1 Å². The topological polar surface area (TPSA) is 76.7 Å². The molecule has 0 spiro atoms. The van der Waals surface area contributed by atoms with Crippen molar-refractivity contribution in [3.05, 3.63) is 23.8 Å². The minimum absolute atomic E-state index is 0.00154.